The Morgan fingerprint density at radius 1 is 0.972 bits per heavy atom. The number of anilines is 1. The van der Waals surface area contributed by atoms with Crippen LogP contribution in [0.15, 0.2) is 54.6 Å². The molecule has 0 unspecified atom stereocenters. The number of hydrogen-bond donors (Lipinski definition) is 1. The highest BCUT2D eigenvalue weighted by atomic mass is 19.1. The Bertz CT molecular complexity index is 1460. The summed E-state index contributed by atoms with van der Waals surface area (Å²) in [6, 6.07) is 17.3. The Morgan fingerprint density at radius 2 is 1.64 bits per heavy atom. The molecule has 2 heterocycles. The number of fused-ring (bicyclic) bond motifs is 1. The van der Waals surface area contributed by atoms with E-state index in [0.717, 1.165) is 56.1 Å². The maximum absolute atomic E-state index is 14.6. The lowest BCUT2D eigenvalue weighted by molar-refractivity contribution is 0.100. The molecule has 0 saturated carbocycles. The van der Waals surface area contributed by atoms with Crippen LogP contribution in [-0.2, 0) is 13.1 Å². The molecule has 1 aliphatic rings. The molecule has 184 valence electrons. The number of amides is 1. The summed E-state index contributed by atoms with van der Waals surface area (Å²) in [5.74, 6) is -0.505. The number of nitrogens with zero attached hydrogens (tertiary/aromatic N) is 3. The third-order valence-electron chi connectivity index (χ3n) is 7.13. The van der Waals surface area contributed by atoms with Gasteiger partial charge in [-0.25, -0.2) is 9.07 Å². The molecule has 6 heteroatoms. The van der Waals surface area contributed by atoms with E-state index in [-0.39, 0.29) is 11.7 Å². The normalized spacial score (nSPS) is 12.9. The first-order valence-corrected chi connectivity index (χ1v) is 12.3. The smallest absolute Gasteiger partial charge is 0.248 e. The second-order valence-corrected chi connectivity index (χ2v) is 10.0. The molecule has 5 rings (SSSR count). The van der Waals surface area contributed by atoms with Crippen LogP contribution in [0.25, 0.3) is 16.9 Å². The quantitative estimate of drug-likeness (QED) is 0.361. The molecule has 0 fully saturated rings. The van der Waals surface area contributed by atoms with Crippen LogP contribution in [0.1, 0.15) is 63.6 Å². The molecule has 5 nitrogen and oxygen atoms in total. The van der Waals surface area contributed by atoms with Crippen LogP contribution in [0.5, 0.6) is 0 Å². The van der Waals surface area contributed by atoms with E-state index in [0.29, 0.717) is 18.7 Å². The lowest BCUT2D eigenvalue weighted by Crippen LogP contribution is -2.18. The zero-order valence-corrected chi connectivity index (χ0v) is 21.4. The number of aromatic nitrogens is 2. The van der Waals surface area contributed by atoms with Crippen molar-refractivity contribution in [2.24, 2.45) is 5.73 Å². The van der Waals surface area contributed by atoms with Gasteiger partial charge in [-0.1, -0.05) is 44.2 Å². The van der Waals surface area contributed by atoms with Crippen molar-refractivity contribution in [1.29, 1.82) is 0 Å². The van der Waals surface area contributed by atoms with Crippen molar-refractivity contribution in [3.05, 3.63) is 99.5 Å². The van der Waals surface area contributed by atoms with Crippen molar-refractivity contribution in [3.8, 4) is 16.9 Å². The van der Waals surface area contributed by atoms with Gasteiger partial charge in [-0.3, -0.25) is 4.79 Å². The lowest BCUT2D eigenvalue weighted by Gasteiger charge is -2.23. The second kappa shape index (κ2) is 8.94. The number of aryl methyl sites for hydroxylation is 3. The molecule has 0 atom stereocenters. The van der Waals surface area contributed by atoms with Crippen molar-refractivity contribution < 1.29 is 9.18 Å². The number of benzene rings is 3. The minimum Gasteiger partial charge on any atom is -0.366 e. The monoisotopic (exact) mass is 482 g/mol. The predicted molar refractivity (Wildman–Crippen MR) is 142 cm³/mol. The fraction of sp³-hybridized carbons (Fsp3) is 0.267. The summed E-state index contributed by atoms with van der Waals surface area (Å²) in [5, 5.41) is 5.11. The second-order valence-electron chi connectivity index (χ2n) is 10.0. The van der Waals surface area contributed by atoms with E-state index in [1.54, 1.807) is 18.2 Å². The van der Waals surface area contributed by atoms with Gasteiger partial charge in [-0.15, -0.1) is 0 Å². The molecule has 0 aliphatic carbocycles. The fourth-order valence-corrected chi connectivity index (χ4v) is 5.24. The molecule has 0 saturated heterocycles. The summed E-state index contributed by atoms with van der Waals surface area (Å²) in [7, 11) is 0. The highest BCUT2D eigenvalue weighted by Crippen LogP contribution is 2.39. The van der Waals surface area contributed by atoms with Crippen LogP contribution in [0.4, 0.5) is 10.1 Å². The van der Waals surface area contributed by atoms with Gasteiger partial charge in [0.05, 0.1) is 23.6 Å². The van der Waals surface area contributed by atoms with E-state index < -0.39 is 5.91 Å². The summed E-state index contributed by atoms with van der Waals surface area (Å²) in [5.41, 5.74) is 16.1. The molecule has 1 amide bonds. The molecule has 0 bridgehead atoms. The number of primary amides is 1. The number of carbonyl (C=O) groups excluding carboxylic acids is 1. The Labute approximate surface area is 211 Å². The van der Waals surface area contributed by atoms with Crippen LogP contribution in [0, 0.1) is 26.6 Å². The minimum absolute atomic E-state index is 0.0989. The van der Waals surface area contributed by atoms with Crippen molar-refractivity contribution in [2.45, 2.75) is 53.6 Å². The number of hydrogen-bond acceptors (Lipinski definition) is 3. The summed E-state index contributed by atoms with van der Waals surface area (Å²) in [6.45, 7) is 11.5. The standard InChI is InChI=1S/C30H31FN4O/c1-17(2)23-14-27(20(5)13-25(23)31)34-15-24-26(16-34)33-35(28-18(3)7-6-8-19(28)4)29(24)21-9-11-22(12-10-21)30(32)36/h6-14,17H,15-16H2,1-5H3,(H2,32,36). The van der Waals surface area contributed by atoms with E-state index in [9.17, 15) is 9.18 Å². The minimum atomic E-state index is -0.450. The molecule has 2 N–H and O–H groups in total. The highest BCUT2D eigenvalue weighted by molar-refractivity contribution is 5.93. The highest BCUT2D eigenvalue weighted by Gasteiger charge is 2.31. The van der Waals surface area contributed by atoms with Gasteiger partial charge < -0.3 is 10.6 Å². The third kappa shape index (κ3) is 3.96. The van der Waals surface area contributed by atoms with E-state index in [4.69, 9.17) is 10.8 Å². The van der Waals surface area contributed by atoms with Gasteiger partial charge in [-0.05, 0) is 73.2 Å². The van der Waals surface area contributed by atoms with E-state index in [1.165, 1.54) is 0 Å². The van der Waals surface area contributed by atoms with Crippen molar-refractivity contribution in [1.82, 2.24) is 9.78 Å². The van der Waals surface area contributed by atoms with E-state index in [1.807, 2.05) is 43.7 Å². The number of rotatable bonds is 5. The van der Waals surface area contributed by atoms with Gasteiger partial charge in [0.2, 0.25) is 5.91 Å². The van der Waals surface area contributed by atoms with Crippen LogP contribution in [0.2, 0.25) is 0 Å². The third-order valence-corrected chi connectivity index (χ3v) is 7.13. The first kappa shape index (κ1) is 23.8. The van der Waals surface area contributed by atoms with Gasteiger partial charge >= 0.3 is 0 Å². The summed E-state index contributed by atoms with van der Waals surface area (Å²) in [4.78, 5) is 13.9. The summed E-state index contributed by atoms with van der Waals surface area (Å²) >= 11 is 0. The van der Waals surface area contributed by atoms with E-state index in [2.05, 4.69) is 36.9 Å². The average Bonchev–Trinajstić information content (AvgIpc) is 3.37. The SMILES string of the molecule is Cc1cc(F)c(C(C)C)cc1N1Cc2nn(-c3c(C)cccc3C)c(-c3ccc(C(N)=O)cc3)c2C1. The topological polar surface area (TPSA) is 64.2 Å². The molecular weight excluding hydrogens is 451 g/mol. The number of carbonyl (C=O) groups is 1. The Morgan fingerprint density at radius 3 is 2.25 bits per heavy atom. The van der Waals surface area contributed by atoms with Crippen LogP contribution >= 0.6 is 0 Å². The van der Waals surface area contributed by atoms with Crippen LogP contribution < -0.4 is 10.6 Å². The molecule has 0 spiro atoms. The van der Waals surface area contributed by atoms with Crippen molar-refractivity contribution in [2.75, 3.05) is 4.90 Å². The predicted octanol–water partition coefficient (Wildman–Crippen LogP) is 6.35. The molecular formula is C30H31FN4O. The summed E-state index contributed by atoms with van der Waals surface area (Å²) < 4.78 is 16.6. The van der Waals surface area contributed by atoms with Gasteiger partial charge in [-0.2, -0.15) is 5.10 Å². The van der Waals surface area contributed by atoms with Crippen molar-refractivity contribution in [3.63, 3.8) is 0 Å². The zero-order valence-electron chi connectivity index (χ0n) is 21.4. The average molecular weight is 483 g/mol. The van der Waals surface area contributed by atoms with Gasteiger partial charge in [0.25, 0.3) is 0 Å². The van der Waals surface area contributed by atoms with Gasteiger partial charge in [0.15, 0.2) is 0 Å². The Kier molecular flexibility index (Phi) is 5.91. The first-order chi connectivity index (χ1) is 17.2. The lowest BCUT2D eigenvalue weighted by atomic mass is 9.99. The fourth-order valence-electron chi connectivity index (χ4n) is 5.24. The summed E-state index contributed by atoms with van der Waals surface area (Å²) in [6.07, 6.45) is 0. The molecule has 4 aromatic rings. The maximum Gasteiger partial charge on any atom is 0.248 e. The Balaban J connectivity index is 1.65. The van der Waals surface area contributed by atoms with E-state index >= 15 is 0 Å². The van der Waals surface area contributed by atoms with Crippen molar-refractivity contribution >= 4 is 11.6 Å². The number of halogens is 1. The van der Waals surface area contributed by atoms with Crippen LogP contribution in [-0.4, -0.2) is 15.7 Å². The van der Waals surface area contributed by atoms with Gasteiger partial charge in [0.1, 0.15) is 5.82 Å². The zero-order chi connectivity index (χ0) is 25.7. The molecule has 0 radical (unpaired) electrons. The number of para-hydroxylation sites is 1. The largest absolute Gasteiger partial charge is 0.366 e. The first-order valence-electron chi connectivity index (χ1n) is 12.3. The molecule has 3 aromatic carbocycles. The molecule has 1 aromatic heterocycles. The number of nitrogens with two attached hydrogens (primary N) is 1. The Hall–Kier alpha value is -3.93. The maximum atomic E-state index is 14.6. The van der Waals surface area contributed by atoms with Crippen LogP contribution in [0.3, 0.4) is 0 Å². The molecule has 1 aliphatic heterocycles. The van der Waals surface area contributed by atoms with Gasteiger partial charge in [0, 0.05) is 28.9 Å². The molecule has 36 heavy (non-hydrogen) atoms.